The van der Waals surface area contributed by atoms with E-state index in [1.165, 1.54) is 7.11 Å². The van der Waals surface area contributed by atoms with E-state index < -0.39 is 5.91 Å². The van der Waals surface area contributed by atoms with E-state index in [-0.39, 0.29) is 5.75 Å². The first-order chi connectivity index (χ1) is 13.0. The molecule has 1 aromatic heterocycles. The predicted molar refractivity (Wildman–Crippen MR) is 103 cm³/mol. The van der Waals surface area contributed by atoms with Crippen molar-refractivity contribution in [1.82, 2.24) is 10.2 Å². The van der Waals surface area contributed by atoms with E-state index in [9.17, 15) is 9.90 Å². The molecule has 4 N–H and O–H groups in total. The second kappa shape index (κ2) is 8.14. The van der Waals surface area contributed by atoms with Crippen LogP contribution in [-0.2, 0) is 19.3 Å². The molecule has 27 heavy (non-hydrogen) atoms. The summed E-state index contributed by atoms with van der Waals surface area (Å²) < 4.78 is 5.12. The molecule has 6 nitrogen and oxygen atoms in total. The Hall–Kier alpha value is -2.99. The van der Waals surface area contributed by atoms with Crippen LogP contribution >= 0.6 is 11.6 Å². The summed E-state index contributed by atoms with van der Waals surface area (Å²) in [5.74, 6) is -0.0204. The zero-order valence-electron chi connectivity index (χ0n) is 14.8. The Morgan fingerprint density at radius 3 is 2.74 bits per heavy atom. The second-order valence-electron chi connectivity index (χ2n) is 6.20. The summed E-state index contributed by atoms with van der Waals surface area (Å²) in [5, 5.41) is 17.5. The van der Waals surface area contributed by atoms with Crippen LogP contribution in [0.3, 0.4) is 0 Å². The van der Waals surface area contributed by atoms with E-state index in [1.807, 2.05) is 18.2 Å². The van der Waals surface area contributed by atoms with Gasteiger partial charge in [0.15, 0.2) is 11.5 Å². The summed E-state index contributed by atoms with van der Waals surface area (Å²) in [6.45, 7) is 0. The molecular formula is C20H20ClN3O3. The Morgan fingerprint density at radius 1 is 1.22 bits per heavy atom. The highest BCUT2D eigenvalue weighted by atomic mass is 35.5. The van der Waals surface area contributed by atoms with Gasteiger partial charge >= 0.3 is 0 Å². The number of H-pyrrole nitrogens is 1. The van der Waals surface area contributed by atoms with Gasteiger partial charge in [0.05, 0.1) is 24.1 Å². The highest BCUT2D eigenvalue weighted by molar-refractivity contribution is 6.30. The van der Waals surface area contributed by atoms with E-state index in [2.05, 4.69) is 10.2 Å². The fraction of sp³-hybridized carbons (Fsp3) is 0.200. The maximum absolute atomic E-state index is 12.0. The molecule has 0 saturated heterocycles. The third-order valence-corrected chi connectivity index (χ3v) is 4.56. The van der Waals surface area contributed by atoms with E-state index in [0.29, 0.717) is 47.0 Å². The van der Waals surface area contributed by atoms with Crippen molar-refractivity contribution in [3.8, 4) is 11.5 Å². The molecule has 0 bridgehead atoms. The number of hydrogen-bond acceptors (Lipinski definition) is 4. The number of aromatic hydroxyl groups is 1. The van der Waals surface area contributed by atoms with Gasteiger partial charge in [0.1, 0.15) is 0 Å². The maximum atomic E-state index is 12.0. The fourth-order valence-electron chi connectivity index (χ4n) is 3.01. The van der Waals surface area contributed by atoms with Gasteiger partial charge in [-0.05, 0) is 48.2 Å². The average Bonchev–Trinajstić information content (AvgIpc) is 3.03. The molecule has 1 amide bonds. The molecule has 0 unspecified atom stereocenters. The Bertz CT molecular complexity index is 969. The molecule has 3 rings (SSSR count). The van der Waals surface area contributed by atoms with Crippen molar-refractivity contribution in [3.63, 3.8) is 0 Å². The van der Waals surface area contributed by atoms with Crippen LogP contribution in [0.5, 0.6) is 11.5 Å². The summed E-state index contributed by atoms with van der Waals surface area (Å²) >= 11 is 6.03. The first-order valence-electron chi connectivity index (χ1n) is 8.44. The first-order valence-corrected chi connectivity index (χ1v) is 8.82. The quantitative estimate of drug-likeness (QED) is 0.581. The van der Waals surface area contributed by atoms with E-state index in [0.717, 1.165) is 11.1 Å². The lowest BCUT2D eigenvalue weighted by Gasteiger charge is -2.07. The summed E-state index contributed by atoms with van der Waals surface area (Å²) in [5.41, 5.74) is 9.22. The summed E-state index contributed by atoms with van der Waals surface area (Å²) in [4.78, 5) is 12.0. The number of phenols is 1. The van der Waals surface area contributed by atoms with Gasteiger partial charge in [-0.25, -0.2) is 0 Å². The number of nitrogens with two attached hydrogens (primary N) is 1. The zero-order chi connectivity index (χ0) is 19.4. The molecule has 2 aromatic carbocycles. The number of aromatic nitrogens is 2. The minimum atomic E-state index is -0.515. The normalized spacial score (nSPS) is 10.7. The minimum Gasteiger partial charge on any atom is -0.504 e. The number of carbonyl (C=O) groups is 1. The van der Waals surface area contributed by atoms with Gasteiger partial charge in [0.25, 0.3) is 5.91 Å². The number of halogens is 1. The molecule has 3 aromatic rings. The molecule has 0 saturated carbocycles. The van der Waals surface area contributed by atoms with Crippen LogP contribution in [0.4, 0.5) is 0 Å². The van der Waals surface area contributed by atoms with Crippen molar-refractivity contribution in [3.05, 3.63) is 75.6 Å². The molecule has 7 heteroatoms. The van der Waals surface area contributed by atoms with Gasteiger partial charge in [-0.15, -0.1) is 0 Å². The van der Waals surface area contributed by atoms with Crippen LogP contribution in [0, 0.1) is 0 Å². The van der Waals surface area contributed by atoms with Gasteiger partial charge in [-0.2, -0.15) is 5.10 Å². The van der Waals surface area contributed by atoms with Crippen molar-refractivity contribution in [2.45, 2.75) is 19.3 Å². The van der Waals surface area contributed by atoms with Crippen LogP contribution in [0.2, 0.25) is 5.02 Å². The number of nitrogens with zero attached hydrogens (tertiary/aromatic N) is 1. The molecule has 0 aliphatic heterocycles. The smallest absolute Gasteiger partial charge is 0.252 e. The van der Waals surface area contributed by atoms with Gasteiger partial charge in [0, 0.05) is 11.4 Å². The Kier molecular flexibility index (Phi) is 5.66. The van der Waals surface area contributed by atoms with Crippen molar-refractivity contribution in [1.29, 1.82) is 0 Å². The lowest BCUT2D eigenvalue weighted by atomic mass is 10.0. The van der Waals surface area contributed by atoms with Crippen LogP contribution in [-0.4, -0.2) is 28.3 Å². The summed E-state index contributed by atoms with van der Waals surface area (Å²) in [7, 11) is 1.50. The standard InChI is InChI=1S/C20H20ClN3O3/c1-27-18-11-12(6-8-17(18)25)5-7-15-19(20(22)26)16(24-23-15)10-13-3-2-4-14(21)9-13/h2-4,6,8-9,11,25H,5,7,10H2,1H3,(H2,22,26)(H,23,24). The van der Waals surface area contributed by atoms with E-state index in [1.54, 1.807) is 24.3 Å². The number of amides is 1. The fourth-order valence-corrected chi connectivity index (χ4v) is 3.22. The van der Waals surface area contributed by atoms with Crippen molar-refractivity contribution in [2.75, 3.05) is 7.11 Å². The summed E-state index contributed by atoms with van der Waals surface area (Å²) in [6, 6.07) is 12.6. The number of phenolic OH excluding ortho intramolecular Hbond substituents is 1. The molecule has 140 valence electrons. The molecular weight excluding hydrogens is 366 g/mol. The monoisotopic (exact) mass is 385 g/mol. The number of ether oxygens (including phenoxy) is 1. The third-order valence-electron chi connectivity index (χ3n) is 4.33. The van der Waals surface area contributed by atoms with Gasteiger partial charge in [-0.1, -0.05) is 29.8 Å². The van der Waals surface area contributed by atoms with Gasteiger partial charge < -0.3 is 15.6 Å². The van der Waals surface area contributed by atoms with Crippen LogP contribution in [0.1, 0.15) is 32.9 Å². The highest BCUT2D eigenvalue weighted by Crippen LogP contribution is 2.27. The number of hydrogen-bond donors (Lipinski definition) is 3. The number of primary amides is 1. The highest BCUT2D eigenvalue weighted by Gasteiger charge is 2.18. The minimum absolute atomic E-state index is 0.0858. The number of methoxy groups -OCH3 is 1. The largest absolute Gasteiger partial charge is 0.504 e. The van der Waals surface area contributed by atoms with Gasteiger partial charge in [-0.3, -0.25) is 9.89 Å². The molecule has 0 aliphatic carbocycles. The number of benzene rings is 2. The van der Waals surface area contributed by atoms with Crippen LogP contribution in [0.25, 0.3) is 0 Å². The lowest BCUT2D eigenvalue weighted by Crippen LogP contribution is -2.15. The number of aryl methyl sites for hydroxylation is 2. The van der Waals surface area contributed by atoms with Crippen molar-refractivity contribution in [2.24, 2.45) is 5.73 Å². The molecule has 0 atom stereocenters. The Balaban J connectivity index is 1.80. The van der Waals surface area contributed by atoms with E-state index in [4.69, 9.17) is 22.1 Å². The Morgan fingerprint density at radius 2 is 2.04 bits per heavy atom. The predicted octanol–water partition coefficient (Wildman–Crippen LogP) is 3.25. The second-order valence-corrected chi connectivity index (χ2v) is 6.64. The lowest BCUT2D eigenvalue weighted by molar-refractivity contribution is 0.0998. The number of nitrogens with one attached hydrogen (secondary N) is 1. The molecule has 0 fully saturated rings. The van der Waals surface area contributed by atoms with Crippen LogP contribution < -0.4 is 10.5 Å². The number of carbonyl (C=O) groups excluding carboxylic acids is 1. The molecule has 0 aliphatic rings. The van der Waals surface area contributed by atoms with Crippen LogP contribution in [0.15, 0.2) is 42.5 Å². The van der Waals surface area contributed by atoms with Gasteiger partial charge in [0.2, 0.25) is 0 Å². The maximum Gasteiger partial charge on any atom is 0.252 e. The summed E-state index contributed by atoms with van der Waals surface area (Å²) in [6.07, 6.45) is 1.63. The Labute approximate surface area is 161 Å². The first kappa shape index (κ1) is 18.8. The number of aromatic amines is 1. The topological polar surface area (TPSA) is 101 Å². The van der Waals surface area contributed by atoms with Crippen molar-refractivity contribution < 1.29 is 14.6 Å². The van der Waals surface area contributed by atoms with E-state index >= 15 is 0 Å². The molecule has 0 radical (unpaired) electrons. The average molecular weight is 386 g/mol. The third kappa shape index (κ3) is 4.41. The number of rotatable bonds is 7. The zero-order valence-corrected chi connectivity index (χ0v) is 15.6. The molecule has 1 heterocycles. The molecule has 0 spiro atoms. The SMILES string of the molecule is COc1cc(CCc2n[nH]c(Cc3cccc(Cl)c3)c2C(N)=O)ccc1O. The van der Waals surface area contributed by atoms with Crippen molar-refractivity contribution >= 4 is 17.5 Å².